The van der Waals surface area contributed by atoms with Crippen LogP contribution in [0.4, 0.5) is 10.5 Å². The molecular formula is C12H18N2O3. The Labute approximate surface area is 101 Å². The first-order chi connectivity index (χ1) is 7.88. The van der Waals surface area contributed by atoms with E-state index < -0.39 is 6.09 Å². The van der Waals surface area contributed by atoms with Crippen LogP contribution in [0.3, 0.4) is 0 Å². The molecule has 0 fully saturated rings. The summed E-state index contributed by atoms with van der Waals surface area (Å²) in [5, 5.41) is 18.1. The molecule has 1 rings (SSSR count). The Morgan fingerprint density at radius 3 is 2.59 bits per heavy atom. The molecule has 1 amide bonds. The molecule has 0 aliphatic rings. The van der Waals surface area contributed by atoms with Crippen molar-refractivity contribution in [2.24, 2.45) is 0 Å². The number of rotatable bonds is 3. The van der Waals surface area contributed by atoms with Crippen molar-refractivity contribution < 1.29 is 15.0 Å². The van der Waals surface area contributed by atoms with E-state index >= 15 is 0 Å². The number of aromatic nitrogens is 1. The minimum Gasteiger partial charge on any atom is -0.465 e. The lowest BCUT2D eigenvalue weighted by Gasteiger charge is -2.26. The van der Waals surface area contributed by atoms with Crippen molar-refractivity contribution in [3.05, 3.63) is 24.0 Å². The van der Waals surface area contributed by atoms with E-state index in [2.05, 4.69) is 4.98 Å². The molecule has 0 atom stereocenters. The lowest BCUT2D eigenvalue weighted by Crippen LogP contribution is -2.34. The highest BCUT2D eigenvalue weighted by atomic mass is 16.4. The molecule has 0 aromatic carbocycles. The number of aliphatic hydroxyl groups excluding tert-OH is 1. The second-order valence-corrected chi connectivity index (χ2v) is 4.78. The standard InChI is InChI=1S/C12H18N2O3/c1-12(2,3)10-9(5-4-6-13-10)14(7-8-15)11(16)17/h4-6,15H,7-8H2,1-3H3,(H,16,17). The van der Waals surface area contributed by atoms with Crippen molar-refractivity contribution >= 4 is 11.8 Å². The highest BCUT2D eigenvalue weighted by molar-refractivity contribution is 5.87. The molecule has 1 aromatic heterocycles. The van der Waals surface area contributed by atoms with E-state index in [-0.39, 0.29) is 18.6 Å². The van der Waals surface area contributed by atoms with Gasteiger partial charge in [0.2, 0.25) is 0 Å². The summed E-state index contributed by atoms with van der Waals surface area (Å²) in [5.41, 5.74) is 0.983. The van der Waals surface area contributed by atoms with Gasteiger partial charge < -0.3 is 10.2 Å². The number of hydrogen-bond donors (Lipinski definition) is 2. The van der Waals surface area contributed by atoms with E-state index in [4.69, 9.17) is 10.2 Å². The summed E-state index contributed by atoms with van der Waals surface area (Å²) in [7, 11) is 0. The zero-order chi connectivity index (χ0) is 13.1. The predicted molar refractivity (Wildman–Crippen MR) is 65.4 cm³/mol. The van der Waals surface area contributed by atoms with Crippen LogP contribution in [0.5, 0.6) is 0 Å². The summed E-state index contributed by atoms with van der Waals surface area (Å²) in [6, 6.07) is 3.40. The smallest absolute Gasteiger partial charge is 0.411 e. The first kappa shape index (κ1) is 13.4. The maximum Gasteiger partial charge on any atom is 0.411 e. The Hall–Kier alpha value is -1.62. The number of carboxylic acid groups (broad SMARTS) is 1. The molecule has 0 unspecified atom stereocenters. The van der Waals surface area contributed by atoms with Gasteiger partial charge in [-0.05, 0) is 12.1 Å². The van der Waals surface area contributed by atoms with E-state index in [9.17, 15) is 4.79 Å². The molecule has 0 aliphatic carbocycles. The van der Waals surface area contributed by atoms with E-state index in [1.165, 1.54) is 0 Å². The average Bonchev–Trinajstić information content (AvgIpc) is 2.24. The summed E-state index contributed by atoms with van der Waals surface area (Å²) in [6.07, 6.45) is 0.556. The fourth-order valence-corrected chi connectivity index (χ4v) is 1.61. The van der Waals surface area contributed by atoms with Crippen LogP contribution in [0.25, 0.3) is 0 Å². The zero-order valence-electron chi connectivity index (χ0n) is 10.3. The highest BCUT2D eigenvalue weighted by Gasteiger charge is 2.25. The average molecular weight is 238 g/mol. The normalized spacial score (nSPS) is 11.3. The summed E-state index contributed by atoms with van der Waals surface area (Å²) in [4.78, 5) is 16.5. The van der Waals surface area contributed by atoms with Crippen molar-refractivity contribution in [1.29, 1.82) is 0 Å². The van der Waals surface area contributed by atoms with Crippen LogP contribution in [0.2, 0.25) is 0 Å². The maximum atomic E-state index is 11.2. The maximum absolute atomic E-state index is 11.2. The fourth-order valence-electron chi connectivity index (χ4n) is 1.61. The van der Waals surface area contributed by atoms with Gasteiger partial charge in [-0.3, -0.25) is 9.88 Å². The van der Waals surface area contributed by atoms with Crippen LogP contribution in [0, 0.1) is 0 Å². The number of aliphatic hydroxyl groups is 1. The molecule has 0 bridgehead atoms. The predicted octanol–water partition coefficient (Wildman–Crippen LogP) is 1.86. The molecule has 0 radical (unpaired) electrons. The van der Waals surface area contributed by atoms with Gasteiger partial charge in [0.15, 0.2) is 0 Å². The van der Waals surface area contributed by atoms with Gasteiger partial charge in [0, 0.05) is 11.6 Å². The molecule has 2 N–H and O–H groups in total. The summed E-state index contributed by atoms with van der Waals surface area (Å²) < 4.78 is 0. The number of pyridine rings is 1. The van der Waals surface area contributed by atoms with Gasteiger partial charge >= 0.3 is 6.09 Å². The molecule has 1 heterocycles. The minimum atomic E-state index is -1.09. The Kier molecular flexibility index (Phi) is 4.07. The minimum absolute atomic E-state index is 0.0457. The summed E-state index contributed by atoms with van der Waals surface area (Å²) in [6.45, 7) is 5.74. The van der Waals surface area contributed by atoms with Crippen LogP contribution >= 0.6 is 0 Å². The Bertz CT molecular complexity index is 399. The van der Waals surface area contributed by atoms with Crippen molar-refractivity contribution in [3.8, 4) is 0 Å². The Balaban J connectivity index is 3.23. The first-order valence-corrected chi connectivity index (χ1v) is 5.44. The van der Waals surface area contributed by atoms with Gasteiger partial charge in [-0.1, -0.05) is 20.8 Å². The van der Waals surface area contributed by atoms with Crippen molar-refractivity contribution in [1.82, 2.24) is 4.98 Å². The van der Waals surface area contributed by atoms with Crippen LogP contribution in [0.1, 0.15) is 26.5 Å². The summed E-state index contributed by atoms with van der Waals surface area (Å²) in [5.74, 6) is 0. The molecule has 5 nitrogen and oxygen atoms in total. The van der Waals surface area contributed by atoms with Gasteiger partial charge in [-0.2, -0.15) is 0 Å². The lowest BCUT2D eigenvalue weighted by atomic mass is 9.90. The fraction of sp³-hybridized carbons (Fsp3) is 0.500. The second kappa shape index (κ2) is 5.14. The Morgan fingerprint density at radius 2 is 2.12 bits per heavy atom. The van der Waals surface area contributed by atoms with Crippen LogP contribution < -0.4 is 4.90 Å². The van der Waals surface area contributed by atoms with Crippen molar-refractivity contribution in [3.63, 3.8) is 0 Å². The van der Waals surface area contributed by atoms with Gasteiger partial charge in [-0.25, -0.2) is 4.79 Å². The quantitative estimate of drug-likeness (QED) is 0.842. The molecule has 0 saturated heterocycles. The topological polar surface area (TPSA) is 73.7 Å². The second-order valence-electron chi connectivity index (χ2n) is 4.78. The number of carbonyl (C=O) groups is 1. The number of amides is 1. The van der Waals surface area contributed by atoms with Crippen molar-refractivity contribution in [2.45, 2.75) is 26.2 Å². The van der Waals surface area contributed by atoms with Gasteiger partial charge in [0.1, 0.15) is 0 Å². The molecule has 17 heavy (non-hydrogen) atoms. The Morgan fingerprint density at radius 1 is 1.47 bits per heavy atom. The third-order valence-electron chi connectivity index (χ3n) is 2.34. The number of anilines is 1. The van der Waals surface area contributed by atoms with Gasteiger partial charge in [-0.15, -0.1) is 0 Å². The lowest BCUT2D eigenvalue weighted by molar-refractivity contribution is 0.198. The highest BCUT2D eigenvalue weighted by Crippen LogP contribution is 2.29. The molecular weight excluding hydrogens is 220 g/mol. The van der Waals surface area contributed by atoms with Gasteiger partial charge in [0.25, 0.3) is 0 Å². The van der Waals surface area contributed by atoms with Gasteiger partial charge in [0.05, 0.1) is 24.5 Å². The molecule has 94 valence electrons. The zero-order valence-corrected chi connectivity index (χ0v) is 10.3. The molecule has 0 aliphatic heterocycles. The van der Waals surface area contributed by atoms with E-state index in [0.717, 1.165) is 4.90 Å². The molecule has 5 heteroatoms. The third-order valence-corrected chi connectivity index (χ3v) is 2.34. The van der Waals surface area contributed by atoms with E-state index in [1.807, 2.05) is 20.8 Å². The van der Waals surface area contributed by atoms with Crippen LogP contribution in [-0.4, -0.2) is 34.4 Å². The number of hydrogen-bond acceptors (Lipinski definition) is 3. The van der Waals surface area contributed by atoms with E-state index in [0.29, 0.717) is 11.4 Å². The third kappa shape index (κ3) is 3.17. The summed E-state index contributed by atoms with van der Waals surface area (Å²) >= 11 is 0. The van der Waals surface area contributed by atoms with Crippen LogP contribution in [-0.2, 0) is 5.41 Å². The SMILES string of the molecule is CC(C)(C)c1ncccc1N(CCO)C(=O)O. The van der Waals surface area contributed by atoms with Crippen molar-refractivity contribution in [2.75, 3.05) is 18.1 Å². The monoisotopic (exact) mass is 238 g/mol. The largest absolute Gasteiger partial charge is 0.465 e. The first-order valence-electron chi connectivity index (χ1n) is 5.44. The molecule has 0 spiro atoms. The van der Waals surface area contributed by atoms with Crippen LogP contribution in [0.15, 0.2) is 18.3 Å². The number of nitrogens with zero attached hydrogens (tertiary/aromatic N) is 2. The molecule has 0 saturated carbocycles. The van der Waals surface area contributed by atoms with E-state index in [1.54, 1.807) is 18.3 Å². The molecule has 1 aromatic rings.